The van der Waals surface area contributed by atoms with Crippen LogP contribution < -0.4 is 14.7 Å². The number of nitrogens with zero attached hydrogens (tertiary/aromatic N) is 3. The summed E-state index contributed by atoms with van der Waals surface area (Å²) in [5.74, 6) is 8.16. The maximum atomic E-state index is 2.55. The first kappa shape index (κ1) is 81.4. The largest absolute Gasteiger partial charge is 0.310 e. The summed E-state index contributed by atoms with van der Waals surface area (Å²) in [7, 11) is 0. The van der Waals surface area contributed by atoms with Gasteiger partial charge in [0.15, 0.2) is 0 Å². The zero-order valence-electron chi connectivity index (χ0n) is 76.2. The lowest BCUT2D eigenvalue weighted by Gasteiger charge is -2.57. The van der Waals surface area contributed by atoms with Gasteiger partial charge in [0.25, 0.3) is 0 Å². The second-order valence-electron chi connectivity index (χ2n) is 41.7. The zero-order valence-corrected chi connectivity index (χ0v) is 76.2. The standard InChI is InChI=1S/C48H41N.C42H37N.C40H37N/c1-3-13-42-36(9-1)11-7-15-44(42)38-19-23-40(24-20-38)49(41-25-21-39(22-26-41)45-16-8-12-37-10-2-4-14-43(37)45)47-18-6-5-17-46(47)48-30-33-27-34(31-48)29-35(28-33)32-48;1-2-8-32(9-3-1)33-16-18-36(19-17-33)43(37-20-21-39-35(25-37)15-14-34-10-4-5-11-38(34)39)41-13-7-6-12-40(41)42-26-29-22-30(27-42)24-31(23-29)28-42;1-3-9-32(10-4-1)34-15-19-36(20-16-34)41(37-21-17-35(18-22-37)33-11-5-2-6-12-33)39-14-8-7-13-38(39)40-26-29-23-30(27-40)25-31(24-29)28-40/h1-26,33-35H,27-32H2;1-21,25,29-31H,22-24,26-28H2;1-22,29-31H,23-28H2. The van der Waals surface area contributed by atoms with Gasteiger partial charge in [-0.2, -0.15) is 0 Å². The summed E-state index contributed by atoms with van der Waals surface area (Å²) in [5.41, 5.74) is 29.6. The minimum atomic E-state index is 0.287. The van der Waals surface area contributed by atoms with Crippen LogP contribution in [0.1, 0.15) is 132 Å². The molecule has 0 aliphatic heterocycles. The lowest BCUT2D eigenvalue weighted by Crippen LogP contribution is -2.48. The van der Waals surface area contributed by atoms with Gasteiger partial charge in [-0.3, -0.25) is 0 Å². The lowest BCUT2D eigenvalue weighted by atomic mass is 9.48. The molecule has 0 atom stereocenters. The molecule has 18 aromatic carbocycles. The van der Waals surface area contributed by atoms with E-state index in [0.717, 1.165) is 53.3 Å². The number of anilines is 9. The van der Waals surface area contributed by atoms with Crippen LogP contribution in [-0.2, 0) is 16.2 Å². The van der Waals surface area contributed by atoms with Crippen molar-refractivity contribution >= 4 is 94.3 Å². The molecule has 0 heterocycles. The van der Waals surface area contributed by atoms with E-state index < -0.39 is 0 Å². The first-order valence-electron chi connectivity index (χ1n) is 49.9. The number of hydrogen-bond acceptors (Lipinski definition) is 3. The maximum absolute atomic E-state index is 2.55. The van der Waals surface area contributed by atoms with Gasteiger partial charge in [0, 0.05) is 51.2 Å². The molecule has 12 saturated carbocycles. The average molecular weight is 1720 g/mol. The van der Waals surface area contributed by atoms with E-state index in [-0.39, 0.29) is 5.41 Å². The van der Waals surface area contributed by atoms with Gasteiger partial charge >= 0.3 is 0 Å². The molecule has 0 aromatic heterocycles. The molecule has 0 amide bonds. The molecule has 3 nitrogen and oxygen atoms in total. The maximum Gasteiger partial charge on any atom is 0.0499 e. The molecule has 0 N–H and O–H groups in total. The lowest BCUT2D eigenvalue weighted by molar-refractivity contribution is -0.00504. The van der Waals surface area contributed by atoms with Crippen LogP contribution in [0, 0.1) is 53.3 Å². The highest BCUT2D eigenvalue weighted by Gasteiger charge is 2.56. The smallest absolute Gasteiger partial charge is 0.0499 e. The fraction of sp³-hybridized carbons (Fsp3) is 0.231. The Bertz CT molecular complexity index is 6960. The number of rotatable bonds is 17. The first-order chi connectivity index (χ1) is 65.7. The minimum Gasteiger partial charge on any atom is -0.310 e. The Morgan fingerprint density at radius 3 is 0.707 bits per heavy atom. The quantitative estimate of drug-likeness (QED) is 0.0842. The third-order valence-electron chi connectivity index (χ3n) is 33.4. The second-order valence-corrected chi connectivity index (χ2v) is 41.7. The Kier molecular flexibility index (Phi) is 20.9. The van der Waals surface area contributed by atoms with Crippen LogP contribution in [0.2, 0.25) is 0 Å². The fourth-order valence-electron chi connectivity index (χ4n) is 28.9. The van der Waals surface area contributed by atoms with Crippen LogP contribution in [0.25, 0.3) is 98.7 Å². The van der Waals surface area contributed by atoms with E-state index in [4.69, 9.17) is 0 Å². The Morgan fingerprint density at radius 2 is 0.383 bits per heavy atom. The molecule has 30 rings (SSSR count). The van der Waals surface area contributed by atoms with Crippen LogP contribution in [0.3, 0.4) is 0 Å². The Hall–Kier alpha value is -13.6. The Labute approximate surface area is 785 Å². The summed E-state index contributed by atoms with van der Waals surface area (Å²) >= 11 is 0. The van der Waals surface area contributed by atoms with Crippen LogP contribution in [-0.4, -0.2) is 0 Å². The van der Waals surface area contributed by atoms with Crippen molar-refractivity contribution < 1.29 is 0 Å². The molecular weight excluding hydrogens is 1600 g/mol. The molecule has 12 bridgehead atoms. The summed E-state index contributed by atoms with van der Waals surface area (Å²) in [6.07, 6.45) is 25.4. The second kappa shape index (κ2) is 34.2. The number of hydrogen-bond donors (Lipinski definition) is 0. The highest BCUT2D eigenvalue weighted by Crippen LogP contribution is 2.66. The molecule has 18 aromatic rings. The summed E-state index contributed by atoms with van der Waals surface area (Å²) in [6, 6.07) is 158. The van der Waals surface area contributed by atoms with Crippen molar-refractivity contribution in [2.75, 3.05) is 14.7 Å². The molecule has 3 heteroatoms. The van der Waals surface area contributed by atoms with Crippen molar-refractivity contribution in [1.82, 2.24) is 0 Å². The van der Waals surface area contributed by atoms with Crippen LogP contribution in [0.4, 0.5) is 51.2 Å². The summed E-state index contributed by atoms with van der Waals surface area (Å²) < 4.78 is 0. The van der Waals surface area contributed by atoms with Gasteiger partial charge in [-0.1, -0.05) is 334 Å². The molecule has 133 heavy (non-hydrogen) atoms. The summed E-state index contributed by atoms with van der Waals surface area (Å²) in [4.78, 5) is 7.63. The highest BCUT2D eigenvalue weighted by atomic mass is 15.2. The molecule has 650 valence electrons. The molecule has 0 unspecified atom stereocenters. The molecule has 0 radical (unpaired) electrons. The van der Waals surface area contributed by atoms with E-state index in [1.165, 1.54) is 265 Å². The molecule has 12 aliphatic rings. The van der Waals surface area contributed by atoms with Crippen molar-refractivity contribution in [2.45, 2.75) is 132 Å². The summed E-state index contributed by atoms with van der Waals surface area (Å²) in [6.45, 7) is 0. The number of benzene rings is 18. The number of para-hydroxylation sites is 3. The van der Waals surface area contributed by atoms with Gasteiger partial charge in [-0.15, -0.1) is 0 Å². The topological polar surface area (TPSA) is 9.72 Å². The highest BCUT2D eigenvalue weighted by molar-refractivity contribution is 6.09. The monoisotopic (exact) mass is 1720 g/mol. The minimum absolute atomic E-state index is 0.287. The van der Waals surface area contributed by atoms with Crippen molar-refractivity contribution in [3.05, 3.63) is 441 Å². The van der Waals surface area contributed by atoms with Crippen LogP contribution in [0.15, 0.2) is 425 Å². The molecule has 12 aliphatic carbocycles. The first-order valence-corrected chi connectivity index (χ1v) is 49.9. The molecular formula is C130H115N3. The predicted octanol–water partition coefficient (Wildman–Crippen LogP) is 35.8. The SMILES string of the molecule is c1ccc(-c2ccc(N(c3ccc(-c4ccccc4)cc3)c3ccccc3C34CC5CC(CC(C5)C3)C4)cc2)cc1.c1ccc(-c2ccc(N(c3ccc4c(ccc5ccccc54)c3)c3ccccc3C34CC5CC(CC(C5)C3)C4)cc2)cc1.c1ccc(C23CC4CC(CC(C4)C2)C3)c(N(c2ccc(-c3cccc4ccccc34)cc2)c2ccc(-c3cccc4ccccc34)cc2)c1. The normalized spacial score (nSPS) is 23.6. The van der Waals surface area contributed by atoms with Gasteiger partial charge in [0.2, 0.25) is 0 Å². The van der Waals surface area contributed by atoms with Crippen molar-refractivity contribution in [3.63, 3.8) is 0 Å². The number of fused-ring (bicyclic) bond motifs is 5. The average Bonchev–Trinajstić information content (AvgIpc) is 0.723. The van der Waals surface area contributed by atoms with Crippen LogP contribution in [0.5, 0.6) is 0 Å². The van der Waals surface area contributed by atoms with E-state index in [2.05, 4.69) is 439 Å². The third kappa shape index (κ3) is 15.3. The van der Waals surface area contributed by atoms with Crippen molar-refractivity contribution in [3.8, 4) is 55.6 Å². The molecule has 0 spiro atoms. The van der Waals surface area contributed by atoms with Gasteiger partial charge in [0.05, 0.1) is 0 Å². The zero-order chi connectivity index (χ0) is 88.0. The van der Waals surface area contributed by atoms with Gasteiger partial charge in [-0.05, 0) is 391 Å². The van der Waals surface area contributed by atoms with Gasteiger partial charge in [-0.25, -0.2) is 0 Å². The fourth-order valence-corrected chi connectivity index (χ4v) is 28.9. The Balaban J connectivity index is 0.000000107. The van der Waals surface area contributed by atoms with Gasteiger partial charge < -0.3 is 14.7 Å². The summed E-state index contributed by atoms with van der Waals surface area (Å²) in [5, 5.41) is 10.4. The van der Waals surface area contributed by atoms with Crippen molar-refractivity contribution in [2.24, 2.45) is 53.3 Å². The van der Waals surface area contributed by atoms with Crippen LogP contribution >= 0.6 is 0 Å². The third-order valence-corrected chi connectivity index (χ3v) is 33.4. The molecule has 0 saturated heterocycles. The van der Waals surface area contributed by atoms with E-state index in [9.17, 15) is 0 Å². The Morgan fingerprint density at radius 1 is 0.158 bits per heavy atom. The predicted molar refractivity (Wildman–Crippen MR) is 560 cm³/mol. The van der Waals surface area contributed by atoms with E-state index in [0.29, 0.717) is 10.8 Å². The molecule has 12 fully saturated rings. The van der Waals surface area contributed by atoms with E-state index in [1.54, 1.807) is 16.7 Å². The van der Waals surface area contributed by atoms with Crippen molar-refractivity contribution in [1.29, 1.82) is 0 Å². The van der Waals surface area contributed by atoms with E-state index >= 15 is 0 Å². The van der Waals surface area contributed by atoms with E-state index in [1.807, 2.05) is 0 Å². The van der Waals surface area contributed by atoms with Gasteiger partial charge in [0.1, 0.15) is 0 Å².